The van der Waals surface area contributed by atoms with Crippen molar-refractivity contribution in [3.05, 3.63) is 65.2 Å². The molecule has 1 saturated heterocycles. The van der Waals surface area contributed by atoms with Gasteiger partial charge in [-0.3, -0.25) is 9.59 Å². The molecule has 2 aromatic rings. The van der Waals surface area contributed by atoms with Gasteiger partial charge >= 0.3 is 0 Å². The van der Waals surface area contributed by atoms with Gasteiger partial charge in [0.2, 0.25) is 0 Å². The lowest BCUT2D eigenvalue weighted by Crippen LogP contribution is -2.40. The molecular formula is C21H24N2O3. The molecule has 0 unspecified atom stereocenters. The first-order valence-corrected chi connectivity index (χ1v) is 8.93. The lowest BCUT2D eigenvalue weighted by molar-refractivity contribution is 0.0303. The summed E-state index contributed by atoms with van der Waals surface area (Å²) in [5.41, 5.74) is 3.10. The van der Waals surface area contributed by atoms with E-state index >= 15 is 0 Å². The number of anilines is 1. The molecule has 0 saturated carbocycles. The van der Waals surface area contributed by atoms with E-state index in [0.717, 1.165) is 5.69 Å². The topological polar surface area (TPSA) is 58.6 Å². The maximum Gasteiger partial charge on any atom is 0.255 e. The Morgan fingerprint density at radius 1 is 0.923 bits per heavy atom. The standard InChI is InChI=1S/C21H24N2O3/c1-15(2)16-7-9-19(10-8-16)22-20(24)17-3-5-18(6-4-17)21(25)23-11-13-26-14-12-23/h3-10,15H,11-14H2,1-2H3,(H,22,24). The number of ether oxygens (including phenoxy) is 1. The smallest absolute Gasteiger partial charge is 0.255 e. The summed E-state index contributed by atoms with van der Waals surface area (Å²) >= 11 is 0. The highest BCUT2D eigenvalue weighted by Crippen LogP contribution is 2.18. The van der Waals surface area contributed by atoms with E-state index in [1.54, 1.807) is 29.2 Å². The molecule has 1 aliphatic rings. The number of hydrogen-bond acceptors (Lipinski definition) is 3. The quantitative estimate of drug-likeness (QED) is 0.916. The Bertz CT molecular complexity index is 761. The summed E-state index contributed by atoms with van der Waals surface area (Å²) in [5, 5.41) is 2.89. The van der Waals surface area contributed by atoms with Gasteiger partial charge in [0, 0.05) is 29.9 Å². The zero-order chi connectivity index (χ0) is 18.5. The van der Waals surface area contributed by atoms with Crippen molar-refractivity contribution in [1.29, 1.82) is 0 Å². The van der Waals surface area contributed by atoms with E-state index in [4.69, 9.17) is 4.74 Å². The molecule has 26 heavy (non-hydrogen) atoms. The van der Waals surface area contributed by atoms with E-state index in [1.165, 1.54) is 5.56 Å². The molecule has 5 nitrogen and oxygen atoms in total. The molecule has 1 fully saturated rings. The first kappa shape index (κ1) is 18.1. The number of amides is 2. The van der Waals surface area contributed by atoms with Gasteiger partial charge in [-0.05, 0) is 47.9 Å². The number of hydrogen-bond donors (Lipinski definition) is 1. The summed E-state index contributed by atoms with van der Waals surface area (Å²) in [6, 6.07) is 14.6. The number of nitrogens with zero attached hydrogens (tertiary/aromatic N) is 1. The van der Waals surface area contributed by atoms with Crippen molar-refractivity contribution in [2.24, 2.45) is 0 Å². The average molecular weight is 352 g/mol. The van der Waals surface area contributed by atoms with Crippen molar-refractivity contribution < 1.29 is 14.3 Å². The lowest BCUT2D eigenvalue weighted by atomic mass is 10.0. The molecule has 0 atom stereocenters. The molecule has 1 aliphatic heterocycles. The second kappa shape index (κ2) is 8.15. The monoisotopic (exact) mass is 352 g/mol. The van der Waals surface area contributed by atoms with E-state index in [1.807, 2.05) is 24.3 Å². The zero-order valence-electron chi connectivity index (χ0n) is 15.2. The average Bonchev–Trinajstić information content (AvgIpc) is 2.68. The third-order valence-corrected chi connectivity index (χ3v) is 4.53. The second-order valence-corrected chi connectivity index (χ2v) is 6.71. The van der Waals surface area contributed by atoms with Crippen LogP contribution in [0.4, 0.5) is 5.69 Å². The van der Waals surface area contributed by atoms with Gasteiger partial charge in [-0.15, -0.1) is 0 Å². The fourth-order valence-electron chi connectivity index (χ4n) is 2.87. The number of carbonyl (C=O) groups excluding carboxylic acids is 2. The normalized spacial score (nSPS) is 14.3. The third kappa shape index (κ3) is 4.29. The van der Waals surface area contributed by atoms with Crippen LogP contribution in [-0.4, -0.2) is 43.0 Å². The number of benzene rings is 2. The van der Waals surface area contributed by atoms with Gasteiger partial charge in [-0.2, -0.15) is 0 Å². The Morgan fingerprint density at radius 2 is 1.50 bits per heavy atom. The highest BCUT2D eigenvalue weighted by Gasteiger charge is 2.18. The van der Waals surface area contributed by atoms with Crippen LogP contribution in [0.5, 0.6) is 0 Å². The van der Waals surface area contributed by atoms with Gasteiger partial charge in [0.25, 0.3) is 11.8 Å². The van der Waals surface area contributed by atoms with Crippen LogP contribution < -0.4 is 5.32 Å². The molecule has 5 heteroatoms. The highest BCUT2D eigenvalue weighted by atomic mass is 16.5. The third-order valence-electron chi connectivity index (χ3n) is 4.53. The van der Waals surface area contributed by atoms with Crippen LogP contribution in [0.25, 0.3) is 0 Å². The Kier molecular flexibility index (Phi) is 5.68. The molecule has 0 spiro atoms. The van der Waals surface area contributed by atoms with E-state index in [2.05, 4.69) is 19.2 Å². The number of morpholine rings is 1. The fraction of sp³-hybridized carbons (Fsp3) is 0.333. The minimum atomic E-state index is -0.187. The van der Waals surface area contributed by atoms with Crippen LogP contribution in [-0.2, 0) is 4.74 Å². The van der Waals surface area contributed by atoms with Gasteiger partial charge in [-0.25, -0.2) is 0 Å². The van der Waals surface area contributed by atoms with Gasteiger partial charge in [-0.1, -0.05) is 26.0 Å². The van der Waals surface area contributed by atoms with Crippen molar-refractivity contribution in [3.63, 3.8) is 0 Å². The first-order chi connectivity index (χ1) is 12.5. The molecule has 0 aromatic heterocycles. The van der Waals surface area contributed by atoms with E-state index in [0.29, 0.717) is 43.3 Å². The molecule has 1 heterocycles. The van der Waals surface area contributed by atoms with Gasteiger partial charge in [0.05, 0.1) is 13.2 Å². The summed E-state index contributed by atoms with van der Waals surface area (Å²) in [6.07, 6.45) is 0. The number of nitrogens with one attached hydrogen (secondary N) is 1. The molecule has 136 valence electrons. The van der Waals surface area contributed by atoms with Crippen molar-refractivity contribution in [2.75, 3.05) is 31.6 Å². The number of rotatable bonds is 4. The summed E-state index contributed by atoms with van der Waals surface area (Å²) in [7, 11) is 0. The minimum Gasteiger partial charge on any atom is -0.378 e. The predicted molar refractivity (Wildman–Crippen MR) is 102 cm³/mol. The highest BCUT2D eigenvalue weighted by molar-refractivity contribution is 6.05. The first-order valence-electron chi connectivity index (χ1n) is 8.93. The number of carbonyl (C=O) groups is 2. The Morgan fingerprint density at radius 3 is 2.08 bits per heavy atom. The molecule has 2 amide bonds. The Labute approximate surface area is 154 Å². The predicted octanol–water partition coefficient (Wildman–Crippen LogP) is 3.53. The Hall–Kier alpha value is -2.66. The van der Waals surface area contributed by atoms with Gasteiger partial charge < -0.3 is 15.0 Å². The fourth-order valence-corrected chi connectivity index (χ4v) is 2.87. The summed E-state index contributed by atoms with van der Waals surface area (Å²) in [5.74, 6) is 0.244. The second-order valence-electron chi connectivity index (χ2n) is 6.71. The van der Waals surface area contributed by atoms with Crippen LogP contribution in [0.2, 0.25) is 0 Å². The molecule has 2 aromatic carbocycles. The van der Waals surface area contributed by atoms with Crippen LogP contribution >= 0.6 is 0 Å². The SMILES string of the molecule is CC(C)c1ccc(NC(=O)c2ccc(C(=O)N3CCOCC3)cc2)cc1. The lowest BCUT2D eigenvalue weighted by Gasteiger charge is -2.26. The summed E-state index contributed by atoms with van der Waals surface area (Å²) < 4.78 is 5.27. The molecular weight excluding hydrogens is 328 g/mol. The van der Waals surface area contributed by atoms with Crippen molar-refractivity contribution >= 4 is 17.5 Å². The van der Waals surface area contributed by atoms with Crippen molar-refractivity contribution in [3.8, 4) is 0 Å². The summed E-state index contributed by atoms with van der Waals surface area (Å²) in [4.78, 5) is 26.6. The van der Waals surface area contributed by atoms with Crippen LogP contribution in [0.15, 0.2) is 48.5 Å². The minimum absolute atomic E-state index is 0.0236. The van der Waals surface area contributed by atoms with Crippen molar-refractivity contribution in [1.82, 2.24) is 4.90 Å². The van der Waals surface area contributed by atoms with E-state index in [-0.39, 0.29) is 11.8 Å². The summed E-state index contributed by atoms with van der Waals surface area (Å²) in [6.45, 7) is 6.62. The molecule has 0 aliphatic carbocycles. The maximum absolute atomic E-state index is 12.4. The van der Waals surface area contributed by atoms with Crippen molar-refractivity contribution in [2.45, 2.75) is 19.8 Å². The van der Waals surface area contributed by atoms with Crippen LogP contribution in [0.1, 0.15) is 46.0 Å². The molecule has 0 bridgehead atoms. The van der Waals surface area contributed by atoms with E-state index < -0.39 is 0 Å². The van der Waals surface area contributed by atoms with Gasteiger partial charge in [0.15, 0.2) is 0 Å². The zero-order valence-corrected chi connectivity index (χ0v) is 15.2. The molecule has 1 N–H and O–H groups in total. The largest absolute Gasteiger partial charge is 0.378 e. The van der Waals surface area contributed by atoms with E-state index in [9.17, 15) is 9.59 Å². The van der Waals surface area contributed by atoms with Gasteiger partial charge in [0.1, 0.15) is 0 Å². The van der Waals surface area contributed by atoms with Crippen LogP contribution in [0.3, 0.4) is 0 Å². The Balaban J connectivity index is 1.63. The maximum atomic E-state index is 12.4. The molecule has 3 rings (SSSR count). The molecule has 0 radical (unpaired) electrons. The van der Waals surface area contributed by atoms with Crippen LogP contribution in [0, 0.1) is 0 Å².